The molecule has 5 rings (SSSR count). The SMILES string of the molecule is CS(=O)(=O)Nc1ccc(C(=O)OCCC(=O)O[C@@H](Cc2c(Cl)cncc2Cl)c2ccc(OC(F)F)c(OCC3CC3)c2)cc1OCC1CC1. The van der Waals surface area contributed by atoms with E-state index in [2.05, 4.69) is 14.4 Å². The van der Waals surface area contributed by atoms with Crippen molar-refractivity contribution in [3.63, 3.8) is 0 Å². The molecule has 1 aromatic heterocycles. The van der Waals surface area contributed by atoms with Crippen LogP contribution in [0, 0.1) is 11.8 Å². The van der Waals surface area contributed by atoms with Gasteiger partial charge in [-0.2, -0.15) is 8.78 Å². The summed E-state index contributed by atoms with van der Waals surface area (Å²) in [6.45, 7) is -2.74. The number of esters is 2. The average Bonchev–Trinajstić information content (AvgIpc) is 3.96. The van der Waals surface area contributed by atoms with Gasteiger partial charge in [0, 0.05) is 18.8 Å². The standard InChI is InChI=1S/C33H34Cl2F2N2O9S/c1-49(42,43)39-26-8-6-22(13-29(26)45-17-19-2-3-19)32(41)44-11-10-31(40)47-28(14-23-24(34)15-38-16-25(23)35)21-7-9-27(48-33(36)37)30(12-21)46-18-20-4-5-20/h6-9,12-13,15-16,19-20,28,33,39H,2-5,10-11,14,17-18H2,1H3/t28-/m0/s1. The van der Waals surface area contributed by atoms with E-state index in [9.17, 15) is 26.8 Å². The summed E-state index contributed by atoms with van der Waals surface area (Å²) in [5.74, 6) is -0.761. The second kappa shape index (κ2) is 16.2. The van der Waals surface area contributed by atoms with Crippen LogP contribution >= 0.6 is 23.2 Å². The third-order valence-electron chi connectivity index (χ3n) is 7.57. The molecule has 2 aliphatic rings. The summed E-state index contributed by atoms with van der Waals surface area (Å²) in [6, 6.07) is 8.38. The molecule has 11 nitrogen and oxygen atoms in total. The molecule has 49 heavy (non-hydrogen) atoms. The highest BCUT2D eigenvalue weighted by molar-refractivity contribution is 7.92. The molecule has 2 fully saturated rings. The molecule has 2 aromatic carbocycles. The van der Waals surface area contributed by atoms with E-state index in [1.165, 1.54) is 48.8 Å². The Morgan fingerprint density at radius 1 is 0.939 bits per heavy atom. The van der Waals surface area contributed by atoms with Crippen molar-refractivity contribution in [2.24, 2.45) is 11.8 Å². The van der Waals surface area contributed by atoms with Crippen LogP contribution in [-0.4, -0.2) is 58.0 Å². The van der Waals surface area contributed by atoms with E-state index in [-0.39, 0.29) is 58.0 Å². The maximum atomic E-state index is 13.1. The number of carbonyl (C=O) groups is 2. The zero-order valence-corrected chi connectivity index (χ0v) is 28.7. The molecule has 3 aromatic rings. The number of alkyl halides is 2. The fourth-order valence-electron chi connectivity index (χ4n) is 4.64. The maximum Gasteiger partial charge on any atom is 0.387 e. The lowest BCUT2D eigenvalue weighted by atomic mass is 10.0. The van der Waals surface area contributed by atoms with E-state index in [0.717, 1.165) is 31.9 Å². The van der Waals surface area contributed by atoms with Crippen molar-refractivity contribution in [2.75, 3.05) is 30.8 Å². The van der Waals surface area contributed by atoms with Crippen LogP contribution in [0.25, 0.3) is 0 Å². The number of hydrogen-bond donors (Lipinski definition) is 1. The molecule has 0 radical (unpaired) electrons. The van der Waals surface area contributed by atoms with E-state index < -0.39 is 34.7 Å². The van der Waals surface area contributed by atoms with Crippen LogP contribution in [0.15, 0.2) is 48.8 Å². The predicted molar refractivity (Wildman–Crippen MR) is 176 cm³/mol. The van der Waals surface area contributed by atoms with Gasteiger partial charge in [-0.15, -0.1) is 0 Å². The summed E-state index contributed by atoms with van der Waals surface area (Å²) in [5.41, 5.74) is 1.09. The van der Waals surface area contributed by atoms with Gasteiger partial charge in [-0.3, -0.25) is 14.5 Å². The second-order valence-electron chi connectivity index (χ2n) is 11.8. The summed E-state index contributed by atoms with van der Waals surface area (Å²) in [7, 11) is -3.61. The molecule has 0 amide bonds. The minimum absolute atomic E-state index is 0.000326. The highest BCUT2D eigenvalue weighted by Crippen LogP contribution is 2.38. The average molecular weight is 744 g/mol. The van der Waals surface area contributed by atoms with Crippen molar-refractivity contribution in [3.05, 3.63) is 75.5 Å². The van der Waals surface area contributed by atoms with Gasteiger partial charge in [0.05, 0.1) is 47.2 Å². The zero-order chi connectivity index (χ0) is 35.1. The second-order valence-corrected chi connectivity index (χ2v) is 14.4. The molecule has 1 atom stereocenters. The van der Waals surface area contributed by atoms with Gasteiger partial charge in [-0.1, -0.05) is 29.3 Å². The Balaban J connectivity index is 1.27. The molecule has 0 aliphatic heterocycles. The number of pyridine rings is 1. The molecule has 16 heteroatoms. The fourth-order valence-corrected chi connectivity index (χ4v) is 5.73. The minimum atomic E-state index is -3.61. The first-order chi connectivity index (χ1) is 23.3. The number of nitrogens with zero attached hydrogens (tertiary/aromatic N) is 1. The third-order valence-corrected chi connectivity index (χ3v) is 8.81. The molecule has 0 saturated heterocycles. The van der Waals surface area contributed by atoms with Crippen molar-refractivity contribution in [1.82, 2.24) is 4.98 Å². The Labute approximate surface area is 292 Å². The van der Waals surface area contributed by atoms with Crippen LogP contribution in [-0.2, 0) is 30.7 Å². The van der Waals surface area contributed by atoms with Gasteiger partial charge >= 0.3 is 18.6 Å². The number of benzene rings is 2. The lowest BCUT2D eigenvalue weighted by Gasteiger charge is -2.21. The number of rotatable bonds is 18. The van der Waals surface area contributed by atoms with Crippen LogP contribution in [0.5, 0.6) is 17.2 Å². The number of nitrogens with one attached hydrogen (secondary N) is 1. The van der Waals surface area contributed by atoms with Gasteiger partial charge in [0.15, 0.2) is 11.5 Å². The maximum absolute atomic E-state index is 13.1. The lowest BCUT2D eigenvalue weighted by molar-refractivity contribution is -0.150. The normalized spacial score (nSPS) is 15.0. The molecule has 0 unspecified atom stereocenters. The van der Waals surface area contributed by atoms with Crippen molar-refractivity contribution >= 4 is 50.9 Å². The fraction of sp³-hybridized carbons (Fsp3) is 0.424. The number of ether oxygens (including phenoxy) is 5. The number of aromatic nitrogens is 1. The summed E-state index contributed by atoms with van der Waals surface area (Å²) in [6.07, 6.45) is 6.37. The van der Waals surface area contributed by atoms with Crippen molar-refractivity contribution < 1.29 is 50.5 Å². The van der Waals surface area contributed by atoms with Gasteiger partial charge < -0.3 is 23.7 Å². The quantitative estimate of drug-likeness (QED) is 0.135. The summed E-state index contributed by atoms with van der Waals surface area (Å²) in [4.78, 5) is 29.9. The first-order valence-corrected chi connectivity index (χ1v) is 18.1. The molecular weight excluding hydrogens is 709 g/mol. The molecule has 0 bridgehead atoms. The molecule has 264 valence electrons. The summed E-state index contributed by atoms with van der Waals surface area (Å²) in [5, 5.41) is 0.451. The number of hydrogen-bond acceptors (Lipinski definition) is 10. The highest BCUT2D eigenvalue weighted by atomic mass is 35.5. The Kier molecular flexibility index (Phi) is 12.0. The van der Waals surface area contributed by atoms with Crippen LogP contribution < -0.4 is 18.9 Å². The van der Waals surface area contributed by atoms with Crippen molar-refractivity contribution in [1.29, 1.82) is 0 Å². The summed E-state index contributed by atoms with van der Waals surface area (Å²) < 4.78 is 79.5. The topological polar surface area (TPSA) is 139 Å². The van der Waals surface area contributed by atoms with Crippen LogP contribution in [0.4, 0.5) is 14.5 Å². The van der Waals surface area contributed by atoms with Crippen LogP contribution in [0.1, 0.15) is 59.7 Å². The minimum Gasteiger partial charge on any atom is -0.491 e. The molecule has 0 spiro atoms. The number of sulfonamides is 1. The van der Waals surface area contributed by atoms with Crippen molar-refractivity contribution in [2.45, 2.75) is 51.2 Å². The molecule has 1 N–H and O–H groups in total. The monoisotopic (exact) mass is 742 g/mol. The molecule has 1 heterocycles. The zero-order valence-electron chi connectivity index (χ0n) is 26.3. The Morgan fingerprint density at radius 3 is 2.20 bits per heavy atom. The molecule has 2 saturated carbocycles. The van der Waals surface area contributed by atoms with E-state index >= 15 is 0 Å². The lowest BCUT2D eigenvalue weighted by Crippen LogP contribution is -2.17. The van der Waals surface area contributed by atoms with Gasteiger partial charge in [0.25, 0.3) is 0 Å². The van der Waals surface area contributed by atoms with Gasteiger partial charge in [-0.05, 0) is 79.0 Å². The van der Waals surface area contributed by atoms with E-state index in [0.29, 0.717) is 36.2 Å². The van der Waals surface area contributed by atoms with Gasteiger partial charge in [0.2, 0.25) is 10.0 Å². The molecular formula is C33H34Cl2F2N2O9S. The van der Waals surface area contributed by atoms with Gasteiger partial charge in [-0.25, -0.2) is 13.2 Å². The predicted octanol–water partition coefficient (Wildman–Crippen LogP) is 7.01. The number of anilines is 1. The Hall–Kier alpha value is -3.88. The highest BCUT2D eigenvalue weighted by Gasteiger charge is 2.27. The van der Waals surface area contributed by atoms with E-state index in [4.69, 9.17) is 42.1 Å². The Bertz CT molecular complexity index is 1750. The van der Waals surface area contributed by atoms with E-state index in [1.807, 2.05) is 0 Å². The Morgan fingerprint density at radius 2 is 1.59 bits per heavy atom. The van der Waals surface area contributed by atoms with Gasteiger partial charge in [0.1, 0.15) is 18.5 Å². The number of halogens is 4. The number of carbonyl (C=O) groups excluding carboxylic acids is 2. The van der Waals surface area contributed by atoms with Crippen molar-refractivity contribution in [3.8, 4) is 17.2 Å². The third kappa shape index (κ3) is 11.3. The van der Waals surface area contributed by atoms with Crippen LogP contribution in [0.3, 0.4) is 0 Å². The first kappa shape index (κ1) is 36.4. The smallest absolute Gasteiger partial charge is 0.387 e. The molecule has 2 aliphatic carbocycles. The van der Waals surface area contributed by atoms with Crippen LogP contribution in [0.2, 0.25) is 10.0 Å². The largest absolute Gasteiger partial charge is 0.491 e. The first-order valence-electron chi connectivity index (χ1n) is 15.4. The van der Waals surface area contributed by atoms with E-state index in [1.54, 1.807) is 0 Å². The summed E-state index contributed by atoms with van der Waals surface area (Å²) >= 11 is 12.7.